The zero-order chi connectivity index (χ0) is 11.4. The molecule has 0 saturated carbocycles. The van der Waals surface area contributed by atoms with Gasteiger partial charge in [-0.25, -0.2) is 0 Å². The summed E-state index contributed by atoms with van der Waals surface area (Å²) in [6.07, 6.45) is 1.09. The lowest BCUT2D eigenvalue weighted by Crippen LogP contribution is -2.49. The van der Waals surface area contributed by atoms with Gasteiger partial charge in [0.15, 0.2) is 0 Å². The smallest absolute Gasteiger partial charge is 0.312 e. The molecule has 84 valence electrons. The van der Waals surface area contributed by atoms with Gasteiger partial charge in [0, 0.05) is 6.61 Å². The van der Waals surface area contributed by atoms with Crippen LogP contribution in [-0.2, 0) is 4.79 Å². The highest BCUT2D eigenvalue weighted by Crippen LogP contribution is 2.37. The Bertz CT molecular complexity index is 200. The first kappa shape index (κ1) is 13.4. The molecule has 0 aromatic carbocycles. The first-order valence-corrected chi connectivity index (χ1v) is 4.88. The van der Waals surface area contributed by atoms with E-state index < -0.39 is 17.0 Å². The van der Waals surface area contributed by atoms with E-state index in [1.165, 1.54) is 13.8 Å². The first-order valence-electron chi connectivity index (χ1n) is 4.88. The average molecular weight is 204 g/mol. The summed E-state index contributed by atoms with van der Waals surface area (Å²) in [6.45, 7) is 4.74. The van der Waals surface area contributed by atoms with Crippen LogP contribution >= 0.6 is 0 Å². The molecule has 0 amide bonds. The van der Waals surface area contributed by atoms with Crippen LogP contribution in [-0.4, -0.2) is 33.5 Å². The SMILES string of the molecule is CCC(O)(CCCO)C(C)(C)C(=O)O. The molecule has 0 aliphatic rings. The number of carboxylic acid groups (broad SMARTS) is 1. The molecule has 1 atom stereocenters. The van der Waals surface area contributed by atoms with E-state index >= 15 is 0 Å². The largest absolute Gasteiger partial charge is 0.481 e. The van der Waals surface area contributed by atoms with E-state index in [-0.39, 0.29) is 6.61 Å². The van der Waals surface area contributed by atoms with Gasteiger partial charge in [0.05, 0.1) is 11.0 Å². The van der Waals surface area contributed by atoms with E-state index in [2.05, 4.69) is 0 Å². The van der Waals surface area contributed by atoms with E-state index in [0.29, 0.717) is 19.3 Å². The number of aliphatic hydroxyl groups excluding tert-OH is 1. The molecule has 1 unspecified atom stereocenters. The van der Waals surface area contributed by atoms with E-state index in [4.69, 9.17) is 10.2 Å². The fourth-order valence-corrected chi connectivity index (χ4v) is 1.50. The summed E-state index contributed by atoms with van der Waals surface area (Å²) in [5, 5.41) is 27.8. The van der Waals surface area contributed by atoms with Gasteiger partial charge in [-0.2, -0.15) is 0 Å². The molecule has 0 saturated heterocycles. The standard InChI is InChI=1S/C10H20O4/c1-4-10(14,6-5-7-11)9(2,3)8(12)13/h11,14H,4-7H2,1-3H3,(H,12,13). The molecule has 3 N–H and O–H groups in total. The number of hydrogen-bond donors (Lipinski definition) is 3. The molecule has 0 aromatic rings. The highest BCUT2D eigenvalue weighted by atomic mass is 16.4. The van der Waals surface area contributed by atoms with Crippen molar-refractivity contribution in [2.75, 3.05) is 6.61 Å². The Morgan fingerprint density at radius 3 is 2.14 bits per heavy atom. The number of aliphatic carboxylic acids is 1. The van der Waals surface area contributed by atoms with E-state index in [9.17, 15) is 9.90 Å². The second kappa shape index (κ2) is 4.75. The van der Waals surface area contributed by atoms with Gasteiger partial charge in [0.25, 0.3) is 0 Å². The third-order valence-electron chi connectivity index (χ3n) is 3.03. The summed E-state index contributed by atoms with van der Waals surface area (Å²) in [7, 11) is 0. The Labute approximate surface area is 84.6 Å². The summed E-state index contributed by atoms with van der Waals surface area (Å²) < 4.78 is 0. The molecule has 0 radical (unpaired) electrons. The van der Waals surface area contributed by atoms with Crippen LogP contribution in [0, 0.1) is 5.41 Å². The zero-order valence-electron chi connectivity index (χ0n) is 9.08. The molecule has 4 heteroatoms. The molecule has 14 heavy (non-hydrogen) atoms. The minimum Gasteiger partial charge on any atom is -0.481 e. The lowest BCUT2D eigenvalue weighted by molar-refractivity contribution is -0.166. The average Bonchev–Trinajstić information content (AvgIpc) is 2.13. The van der Waals surface area contributed by atoms with Crippen molar-refractivity contribution in [3.8, 4) is 0 Å². The van der Waals surface area contributed by atoms with E-state index in [1.807, 2.05) is 0 Å². The monoisotopic (exact) mass is 204 g/mol. The van der Waals surface area contributed by atoms with Gasteiger partial charge >= 0.3 is 5.97 Å². The first-order chi connectivity index (χ1) is 6.31. The molecule has 0 heterocycles. The van der Waals surface area contributed by atoms with Crippen molar-refractivity contribution >= 4 is 5.97 Å². The second-order valence-electron chi connectivity index (χ2n) is 4.14. The van der Waals surface area contributed by atoms with Crippen LogP contribution in [0.5, 0.6) is 0 Å². The maximum Gasteiger partial charge on any atom is 0.312 e. The molecule has 0 aliphatic carbocycles. The fourth-order valence-electron chi connectivity index (χ4n) is 1.50. The minimum atomic E-state index is -1.25. The van der Waals surface area contributed by atoms with Crippen molar-refractivity contribution in [2.45, 2.75) is 45.6 Å². The molecule has 0 spiro atoms. The van der Waals surface area contributed by atoms with Crippen molar-refractivity contribution in [1.29, 1.82) is 0 Å². The fraction of sp³-hybridized carbons (Fsp3) is 0.900. The second-order valence-corrected chi connectivity index (χ2v) is 4.14. The summed E-state index contributed by atoms with van der Waals surface area (Å²) in [6, 6.07) is 0. The third-order valence-corrected chi connectivity index (χ3v) is 3.03. The van der Waals surface area contributed by atoms with Gasteiger partial charge < -0.3 is 15.3 Å². The predicted octanol–water partition coefficient (Wildman–Crippen LogP) is 1.01. The Morgan fingerprint density at radius 2 is 1.86 bits per heavy atom. The van der Waals surface area contributed by atoms with Crippen LogP contribution in [0.3, 0.4) is 0 Å². The quantitative estimate of drug-likeness (QED) is 0.603. The van der Waals surface area contributed by atoms with Crippen molar-refractivity contribution in [3.63, 3.8) is 0 Å². The Balaban J connectivity index is 4.73. The van der Waals surface area contributed by atoms with Crippen LogP contribution < -0.4 is 0 Å². The van der Waals surface area contributed by atoms with Crippen molar-refractivity contribution in [2.24, 2.45) is 5.41 Å². The number of carbonyl (C=O) groups is 1. The van der Waals surface area contributed by atoms with E-state index in [0.717, 1.165) is 0 Å². The molecule has 0 aliphatic heterocycles. The lowest BCUT2D eigenvalue weighted by atomic mass is 9.71. The minimum absolute atomic E-state index is 0.0298. The van der Waals surface area contributed by atoms with Crippen molar-refractivity contribution in [3.05, 3.63) is 0 Å². The van der Waals surface area contributed by atoms with Crippen LogP contribution in [0.15, 0.2) is 0 Å². The summed E-state index contributed by atoms with van der Waals surface area (Å²) in [4.78, 5) is 11.0. The number of aliphatic hydroxyl groups is 2. The van der Waals surface area contributed by atoms with Gasteiger partial charge in [-0.15, -0.1) is 0 Å². The molecule has 4 nitrogen and oxygen atoms in total. The third kappa shape index (κ3) is 2.45. The molecule has 0 fully saturated rings. The molecule has 0 aromatic heterocycles. The molecular formula is C10H20O4. The van der Waals surface area contributed by atoms with Crippen LogP contribution in [0.4, 0.5) is 0 Å². The number of hydrogen-bond acceptors (Lipinski definition) is 3. The molecule has 0 rings (SSSR count). The highest BCUT2D eigenvalue weighted by molar-refractivity contribution is 5.75. The Morgan fingerprint density at radius 1 is 1.36 bits per heavy atom. The Kier molecular flexibility index (Phi) is 4.55. The van der Waals surface area contributed by atoms with Crippen molar-refractivity contribution in [1.82, 2.24) is 0 Å². The maximum absolute atomic E-state index is 11.0. The molecular weight excluding hydrogens is 184 g/mol. The van der Waals surface area contributed by atoms with Gasteiger partial charge in [-0.3, -0.25) is 4.79 Å². The maximum atomic E-state index is 11.0. The van der Waals surface area contributed by atoms with Gasteiger partial charge in [0.2, 0.25) is 0 Å². The molecule has 0 bridgehead atoms. The number of rotatable bonds is 6. The summed E-state index contributed by atoms with van der Waals surface area (Å²) >= 11 is 0. The van der Waals surface area contributed by atoms with E-state index in [1.54, 1.807) is 6.92 Å². The Hall–Kier alpha value is -0.610. The zero-order valence-corrected chi connectivity index (χ0v) is 9.08. The predicted molar refractivity (Wildman–Crippen MR) is 53.0 cm³/mol. The van der Waals surface area contributed by atoms with Gasteiger partial charge in [-0.1, -0.05) is 6.92 Å². The normalized spacial score (nSPS) is 16.4. The topological polar surface area (TPSA) is 77.8 Å². The highest BCUT2D eigenvalue weighted by Gasteiger charge is 2.47. The van der Waals surface area contributed by atoms with Gasteiger partial charge in [0.1, 0.15) is 0 Å². The van der Waals surface area contributed by atoms with Crippen molar-refractivity contribution < 1.29 is 20.1 Å². The summed E-state index contributed by atoms with van der Waals surface area (Å²) in [5.74, 6) is -1.01. The number of carboxylic acids is 1. The van der Waals surface area contributed by atoms with Crippen LogP contribution in [0.1, 0.15) is 40.0 Å². The summed E-state index contributed by atoms with van der Waals surface area (Å²) in [5.41, 5.74) is -2.43. The van der Waals surface area contributed by atoms with Gasteiger partial charge in [-0.05, 0) is 33.1 Å². The van der Waals surface area contributed by atoms with Crippen LogP contribution in [0.25, 0.3) is 0 Å². The lowest BCUT2D eigenvalue weighted by Gasteiger charge is -2.39. The van der Waals surface area contributed by atoms with Crippen LogP contribution in [0.2, 0.25) is 0 Å².